The number of hydrogen-bond donors (Lipinski definition) is 1. The quantitative estimate of drug-likeness (QED) is 0.754. The highest BCUT2D eigenvalue weighted by molar-refractivity contribution is 5.81. The van der Waals surface area contributed by atoms with Crippen molar-refractivity contribution in [3.8, 4) is 0 Å². The van der Waals surface area contributed by atoms with Gasteiger partial charge in [-0.25, -0.2) is 0 Å². The van der Waals surface area contributed by atoms with E-state index in [1.54, 1.807) is 0 Å². The lowest BCUT2D eigenvalue weighted by Gasteiger charge is -2.44. The van der Waals surface area contributed by atoms with E-state index in [2.05, 4.69) is 23.4 Å². The molecule has 0 aromatic rings. The summed E-state index contributed by atoms with van der Waals surface area (Å²) < 4.78 is 5.82. The highest BCUT2D eigenvalue weighted by atomic mass is 16.5. The van der Waals surface area contributed by atoms with Crippen LogP contribution in [0, 0.1) is 0 Å². The third kappa shape index (κ3) is 2.32. The molecule has 0 radical (unpaired) electrons. The molecule has 1 spiro atoms. The van der Waals surface area contributed by atoms with Crippen molar-refractivity contribution in [1.29, 1.82) is 0 Å². The van der Waals surface area contributed by atoms with Crippen molar-refractivity contribution in [2.24, 2.45) is 10.7 Å². The van der Waals surface area contributed by atoms with Crippen molar-refractivity contribution >= 4 is 5.96 Å². The monoisotopic (exact) mass is 237 g/mol. The zero-order chi connectivity index (χ0) is 12.3. The van der Waals surface area contributed by atoms with Gasteiger partial charge in [-0.2, -0.15) is 0 Å². The lowest BCUT2D eigenvalue weighted by atomic mass is 9.84. The van der Waals surface area contributed by atoms with Crippen LogP contribution in [0.15, 0.2) is 17.6 Å². The number of ether oxygens (including phenoxy) is 1. The number of nitrogens with two attached hydrogens (primary N) is 1. The molecule has 0 aliphatic carbocycles. The highest BCUT2D eigenvalue weighted by Crippen LogP contribution is 2.35. The van der Waals surface area contributed by atoms with E-state index in [0.29, 0.717) is 12.1 Å². The van der Waals surface area contributed by atoms with Crippen molar-refractivity contribution < 1.29 is 4.74 Å². The Labute approximate surface area is 104 Å². The van der Waals surface area contributed by atoms with E-state index in [4.69, 9.17) is 10.5 Å². The van der Waals surface area contributed by atoms with Gasteiger partial charge < -0.3 is 15.4 Å². The van der Waals surface area contributed by atoms with Crippen molar-refractivity contribution in [2.45, 2.75) is 44.2 Å². The summed E-state index contributed by atoms with van der Waals surface area (Å²) in [5, 5.41) is 0. The van der Waals surface area contributed by atoms with Gasteiger partial charge >= 0.3 is 0 Å². The Hall–Kier alpha value is -1.03. The van der Waals surface area contributed by atoms with Crippen LogP contribution >= 0.6 is 0 Å². The Morgan fingerprint density at radius 3 is 3.24 bits per heavy atom. The van der Waals surface area contributed by atoms with E-state index in [9.17, 15) is 0 Å². The van der Waals surface area contributed by atoms with Gasteiger partial charge in [0.15, 0.2) is 5.96 Å². The Morgan fingerprint density at radius 2 is 2.53 bits per heavy atom. The SMILES string of the molecule is C=CCN1C(N)=NCC12CCOC(CCC)C2. The summed E-state index contributed by atoms with van der Waals surface area (Å²) in [6.07, 6.45) is 6.62. The minimum atomic E-state index is 0.0936. The molecule has 2 atom stereocenters. The van der Waals surface area contributed by atoms with Gasteiger partial charge in [-0.05, 0) is 19.3 Å². The van der Waals surface area contributed by atoms with Crippen molar-refractivity contribution in [3.63, 3.8) is 0 Å². The van der Waals surface area contributed by atoms with E-state index >= 15 is 0 Å². The molecule has 0 saturated carbocycles. The molecule has 2 N–H and O–H groups in total. The lowest BCUT2D eigenvalue weighted by Crippen LogP contribution is -2.56. The Bertz CT molecular complexity index is 314. The van der Waals surface area contributed by atoms with Crippen molar-refractivity contribution in [1.82, 2.24) is 4.90 Å². The molecule has 0 aromatic heterocycles. The molecule has 2 aliphatic heterocycles. The minimum Gasteiger partial charge on any atom is -0.378 e. The molecule has 1 saturated heterocycles. The fourth-order valence-corrected chi connectivity index (χ4v) is 2.95. The van der Waals surface area contributed by atoms with Crippen LogP contribution < -0.4 is 5.73 Å². The molecular formula is C13H23N3O. The van der Waals surface area contributed by atoms with Crippen LogP contribution in [0.1, 0.15) is 32.6 Å². The van der Waals surface area contributed by atoms with E-state index in [0.717, 1.165) is 39.0 Å². The van der Waals surface area contributed by atoms with E-state index in [-0.39, 0.29) is 5.54 Å². The first kappa shape index (κ1) is 12.4. The zero-order valence-electron chi connectivity index (χ0n) is 10.7. The number of aliphatic imine (C=N–C) groups is 1. The summed E-state index contributed by atoms with van der Waals surface area (Å²) in [7, 11) is 0. The van der Waals surface area contributed by atoms with Crippen molar-refractivity contribution in [3.05, 3.63) is 12.7 Å². The van der Waals surface area contributed by atoms with Crippen LogP contribution in [0.4, 0.5) is 0 Å². The van der Waals surface area contributed by atoms with Gasteiger partial charge in [0.05, 0.1) is 18.2 Å². The molecule has 96 valence electrons. The molecule has 0 bridgehead atoms. The Balaban J connectivity index is 2.09. The van der Waals surface area contributed by atoms with Gasteiger partial charge in [-0.3, -0.25) is 4.99 Å². The first-order valence-corrected chi connectivity index (χ1v) is 6.52. The average Bonchev–Trinajstić information content (AvgIpc) is 2.60. The molecular weight excluding hydrogens is 214 g/mol. The maximum Gasteiger partial charge on any atom is 0.192 e. The lowest BCUT2D eigenvalue weighted by molar-refractivity contribution is -0.0488. The smallest absolute Gasteiger partial charge is 0.192 e. The fourth-order valence-electron chi connectivity index (χ4n) is 2.95. The Morgan fingerprint density at radius 1 is 1.71 bits per heavy atom. The van der Waals surface area contributed by atoms with Crippen molar-refractivity contribution in [2.75, 3.05) is 19.7 Å². The standard InChI is InChI=1S/C13H23N3O/c1-3-5-11-9-13(6-8-17-11)10-15-12(14)16(13)7-4-2/h4,11H,2-3,5-10H2,1H3,(H2,14,15). The first-order valence-electron chi connectivity index (χ1n) is 6.52. The predicted octanol–water partition coefficient (Wildman–Crippen LogP) is 1.52. The predicted molar refractivity (Wildman–Crippen MR) is 70.0 cm³/mol. The van der Waals surface area contributed by atoms with Gasteiger partial charge in [0, 0.05) is 13.2 Å². The molecule has 4 nitrogen and oxygen atoms in total. The molecule has 0 aromatic carbocycles. The van der Waals surface area contributed by atoms with Gasteiger partial charge in [0.25, 0.3) is 0 Å². The van der Waals surface area contributed by atoms with E-state index in [1.165, 1.54) is 6.42 Å². The van der Waals surface area contributed by atoms with Crippen LogP contribution in [0.5, 0.6) is 0 Å². The summed E-state index contributed by atoms with van der Waals surface area (Å²) in [5.41, 5.74) is 6.07. The van der Waals surface area contributed by atoms with Gasteiger partial charge in [0.2, 0.25) is 0 Å². The van der Waals surface area contributed by atoms with Gasteiger partial charge in [-0.15, -0.1) is 6.58 Å². The highest BCUT2D eigenvalue weighted by Gasteiger charge is 2.45. The number of guanidine groups is 1. The zero-order valence-corrected chi connectivity index (χ0v) is 10.7. The third-order valence-electron chi connectivity index (χ3n) is 3.84. The van der Waals surface area contributed by atoms with E-state index < -0.39 is 0 Å². The maximum atomic E-state index is 5.98. The molecule has 0 amide bonds. The normalized spacial score (nSPS) is 32.9. The summed E-state index contributed by atoms with van der Waals surface area (Å²) in [5.74, 6) is 0.669. The van der Waals surface area contributed by atoms with Crippen LogP contribution in [-0.4, -0.2) is 42.2 Å². The molecule has 2 aliphatic rings. The summed E-state index contributed by atoms with van der Waals surface area (Å²) in [6.45, 7) is 8.43. The second-order valence-corrected chi connectivity index (χ2v) is 5.03. The molecule has 4 heteroatoms. The second-order valence-electron chi connectivity index (χ2n) is 5.03. The second kappa shape index (κ2) is 5.08. The largest absolute Gasteiger partial charge is 0.378 e. The summed E-state index contributed by atoms with van der Waals surface area (Å²) in [4.78, 5) is 6.64. The van der Waals surface area contributed by atoms with Gasteiger partial charge in [0.1, 0.15) is 0 Å². The average molecular weight is 237 g/mol. The molecule has 2 heterocycles. The number of hydrogen-bond acceptors (Lipinski definition) is 4. The third-order valence-corrected chi connectivity index (χ3v) is 3.84. The molecule has 2 rings (SSSR count). The first-order chi connectivity index (χ1) is 8.22. The maximum absolute atomic E-state index is 5.98. The van der Waals surface area contributed by atoms with E-state index in [1.807, 2.05) is 6.08 Å². The topological polar surface area (TPSA) is 50.8 Å². The minimum absolute atomic E-state index is 0.0936. The van der Waals surface area contributed by atoms with Gasteiger partial charge in [-0.1, -0.05) is 19.4 Å². The van der Waals surface area contributed by atoms with Crippen LogP contribution in [-0.2, 0) is 4.74 Å². The van der Waals surface area contributed by atoms with Crippen LogP contribution in [0.2, 0.25) is 0 Å². The summed E-state index contributed by atoms with van der Waals surface area (Å²) in [6, 6.07) is 0. The molecule has 1 fully saturated rings. The summed E-state index contributed by atoms with van der Waals surface area (Å²) >= 11 is 0. The molecule has 17 heavy (non-hydrogen) atoms. The Kier molecular flexibility index (Phi) is 3.72. The number of rotatable bonds is 4. The number of nitrogens with zero attached hydrogens (tertiary/aromatic N) is 2. The fraction of sp³-hybridized carbons (Fsp3) is 0.769. The van der Waals surface area contributed by atoms with Crippen LogP contribution in [0.3, 0.4) is 0 Å². The van der Waals surface area contributed by atoms with Crippen LogP contribution in [0.25, 0.3) is 0 Å². The molecule has 2 unspecified atom stereocenters.